The van der Waals surface area contributed by atoms with Gasteiger partial charge in [0.15, 0.2) is 0 Å². The van der Waals surface area contributed by atoms with Crippen molar-refractivity contribution in [3.63, 3.8) is 0 Å². The molecule has 0 unspecified atom stereocenters. The van der Waals surface area contributed by atoms with Gasteiger partial charge in [-0.2, -0.15) is 0 Å². The molecule has 0 amide bonds. The van der Waals surface area contributed by atoms with Gasteiger partial charge in [-0.1, -0.05) is 0 Å². The molecule has 0 rings (SSSR count). The second-order valence-corrected chi connectivity index (χ2v) is 1.82. The fraction of sp³-hybridized carbons (Fsp3) is 0.667. The molecule has 0 fully saturated rings. The van der Waals surface area contributed by atoms with Crippen molar-refractivity contribution < 1.29 is 78.9 Å². The van der Waals surface area contributed by atoms with Crippen LogP contribution in [0.5, 0.6) is 0 Å². The van der Waals surface area contributed by atoms with Crippen LogP contribution in [0.25, 0.3) is 0 Å². The van der Waals surface area contributed by atoms with Crippen LogP contribution >= 0.6 is 0 Å². The summed E-state index contributed by atoms with van der Waals surface area (Å²) >= 11 is 0. The molecule has 0 saturated carbocycles. The number of hydrogen-bond acceptors (Lipinski definition) is 6. The Morgan fingerprint density at radius 1 is 0.857 bits per heavy atom. The van der Waals surface area contributed by atoms with Crippen molar-refractivity contribution in [1.29, 1.82) is 0 Å². The average Bonchev–Trinajstić information content (AvgIpc) is 2.01. The third-order valence-electron chi connectivity index (χ3n) is 0.700. The molecule has 0 atom stereocenters. The van der Waals surface area contributed by atoms with E-state index in [9.17, 15) is 19.8 Å². The molecule has 8 heteroatoms. The summed E-state index contributed by atoms with van der Waals surface area (Å²) in [6, 6.07) is 0. The van der Waals surface area contributed by atoms with E-state index in [0.717, 1.165) is 0 Å². The first-order chi connectivity index (χ1) is 5.54. The van der Waals surface area contributed by atoms with Gasteiger partial charge in [-0.15, -0.1) is 0 Å². The van der Waals surface area contributed by atoms with E-state index in [0.29, 0.717) is 13.1 Å². The van der Waals surface area contributed by atoms with Gasteiger partial charge < -0.3 is 31.3 Å². The zero-order valence-corrected chi connectivity index (χ0v) is 12.6. The van der Waals surface area contributed by atoms with Crippen LogP contribution in [0.4, 0.5) is 0 Å². The second-order valence-electron chi connectivity index (χ2n) is 1.82. The van der Waals surface area contributed by atoms with Crippen molar-refractivity contribution in [2.24, 2.45) is 11.5 Å². The van der Waals surface area contributed by atoms with Crippen LogP contribution in [0.2, 0.25) is 0 Å². The van der Waals surface area contributed by atoms with Gasteiger partial charge in [-0.25, -0.2) is 0 Å². The average molecular weight is 222 g/mol. The third kappa shape index (κ3) is 38.4. The number of aliphatic carboxylic acids is 2. The maximum Gasteiger partial charge on any atom is 1.00 e. The first kappa shape index (κ1) is 24.2. The molecule has 14 heavy (non-hydrogen) atoms. The molecule has 0 spiro atoms. The predicted octanol–water partition coefficient (Wildman–Crippen LogP) is -9.82. The molecule has 4 N–H and O–H groups in total. The number of carboxylic acid groups (broad SMARTS) is 2. The Kier molecular flexibility index (Phi) is 33.6. The molecule has 0 aliphatic rings. The Labute approximate surface area is 127 Å². The molecule has 0 bridgehead atoms. The van der Waals surface area contributed by atoms with Gasteiger partial charge >= 0.3 is 59.1 Å². The Morgan fingerprint density at radius 3 is 1.14 bits per heavy atom. The van der Waals surface area contributed by atoms with Crippen LogP contribution in [0.15, 0.2) is 0 Å². The smallest absolute Gasteiger partial charge is 0.550 e. The minimum atomic E-state index is -1.37. The number of nitrogens with two attached hydrogens (primary N) is 2. The van der Waals surface area contributed by atoms with Crippen LogP contribution in [-0.4, -0.2) is 25.0 Å². The summed E-state index contributed by atoms with van der Waals surface area (Å²) in [5, 5.41) is 19.0. The Morgan fingerprint density at radius 2 is 1.07 bits per heavy atom. The Hall–Kier alpha value is 0.860. The molecule has 72 valence electrons. The molecular weight excluding hydrogens is 210 g/mol. The summed E-state index contributed by atoms with van der Waals surface area (Å²) in [6.45, 7) is 1.19. The zero-order valence-electron chi connectivity index (χ0n) is 8.62. The van der Waals surface area contributed by atoms with Crippen molar-refractivity contribution in [2.75, 3.05) is 13.1 Å². The summed E-state index contributed by atoms with van der Waals surface area (Å²) in [5.74, 6) is -2.73. The quantitative estimate of drug-likeness (QED) is 0.454. The van der Waals surface area contributed by atoms with E-state index >= 15 is 0 Å². The molecule has 0 aliphatic heterocycles. The SMILES string of the molecule is NCCN.O=C([O-])CCC(=O)[O-].[Na+].[Na+]. The van der Waals surface area contributed by atoms with E-state index in [1.807, 2.05) is 0 Å². The summed E-state index contributed by atoms with van der Waals surface area (Å²) in [7, 11) is 0. The van der Waals surface area contributed by atoms with Crippen molar-refractivity contribution in [3.05, 3.63) is 0 Å². The summed E-state index contributed by atoms with van der Waals surface area (Å²) in [4.78, 5) is 19.0. The third-order valence-corrected chi connectivity index (χ3v) is 0.700. The van der Waals surface area contributed by atoms with Crippen LogP contribution in [0.1, 0.15) is 12.8 Å². The van der Waals surface area contributed by atoms with E-state index in [1.165, 1.54) is 0 Å². The Balaban J connectivity index is -0.0000000733. The van der Waals surface area contributed by atoms with Gasteiger partial charge in [-0.3, -0.25) is 0 Å². The van der Waals surface area contributed by atoms with Crippen molar-refractivity contribution in [3.8, 4) is 0 Å². The van der Waals surface area contributed by atoms with Crippen LogP contribution in [-0.2, 0) is 9.59 Å². The first-order valence-electron chi connectivity index (χ1n) is 3.34. The minimum absolute atomic E-state index is 0. The normalized spacial score (nSPS) is 7.00. The van der Waals surface area contributed by atoms with E-state index in [4.69, 9.17) is 11.5 Å². The first-order valence-corrected chi connectivity index (χ1v) is 3.34. The zero-order chi connectivity index (χ0) is 9.98. The second kappa shape index (κ2) is 19.4. The predicted molar refractivity (Wildman–Crippen MR) is 37.4 cm³/mol. The summed E-state index contributed by atoms with van der Waals surface area (Å²) < 4.78 is 0. The molecule has 0 aromatic rings. The van der Waals surface area contributed by atoms with Crippen LogP contribution in [0.3, 0.4) is 0 Å². The molecule has 0 aliphatic carbocycles. The van der Waals surface area contributed by atoms with Gasteiger partial charge in [0.2, 0.25) is 0 Å². The number of carbonyl (C=O) groups excluding carboxylic acids is 2. The fourth-order valence-electron chi connectivity index (χ4n) is 0.204. The number of carbonyl (C=O) groups is 2. The van der Waals surface area contributed by atoms with Crippen molar-refractivity contribution in [2.45, 2.75) is 12.8 Å². The number of carboxylic acids is 2. The van der Waals surface area contributed by atoms with E-state index in [2.05, 4.69) is 0 Å². The molecule has 0 heterocycles. The standard InChI is InChI=1S/C4H6O4.C2H8N2.2Na/c5-3(6)1-2-4(7)8;3-1-2-4;;/h1-2H2,(H,5,6)(H,7,8);1-4H2;;/q;;2*+1/p-2. The summed E-state index contributed by atoms with van der Waals surface area (Å²) in [6.07, 6.45) is -0.940. The molecule has 0 aromatic carbocycles. The molecular formula is C6H12N2Na2O4. The fourth-order valence-corrected chi connectivity index (χ4v) is 0.204. The number of rotatable bonds is 4. The monoisotopic (exact) mass is 222 g/mol. The maximum atomic E-state index is 9.50. The molecule has 0 aromatic heterocycles. The summed E-state index contributed by atoms with van der Waals surface area (Å²) in [5.41, 5.74) is 9.81. The van der Waals surface area contributed by atoms with Gasteiger partial charge in [0, 0.05) is 25.0 Å². The van der Waals surface area contributed by atoms with Gasteiger partial charge in [0.1, 0.15) is 0 Å². The van der Waals surface area contributed by atoms with Crippen molar-refractivity contribution >= 4 is 11.9 Å². The number of hydrogen-bond donors (Lipinski definition) is 2. The van der Waals surface area contributed by atoms with Gasteiger partial charge in [0.05, 0.1) is 0 Å². The van der Waals surface area contributed by atoms with Crippen LogP contribution in [0, 0.1) is 0 Å². The van der Waals surface area contributed by atoms with Crippen LogP contribution < -0.4 is 80.8 Å². The van der Waals surface area contributed by atoms with Gasteiger partial charge in [-0.05, 0) is 12.8 Å². The topological polar surface area (TPSA) is 132 Å². The minimum Gasteiger partial charge on any atom is -0.550 e. The maximum absolute atomic E-state index is 9.50. The molecule has 0 saturated heterocycles. The molecule has 0 radical (unpaired) electrons. The van der Waals surface area contributed by atoms with E-state index < -0.39 is 24.8 Å². The van der Waals surface area contributed by atoms with Crippen molar-refractivity contribution in [1.82, 2.24) is 0 Å². The molecule has 6 nitrogen and oxygen atoms in total. The largest absolute Gasteiger partial charge is 1.00 e. The van der Waals surface area contributed by atoms with Gasteiger partial charge in [0.25, 0.3) is 0 Å². The van der Waals surface area contributed by atoms with E-state index in [-0.39, 0.29) is 59.1 Å². The Bertz CT molecular complexity index is 130. The van der Waals surface area contributed by atoms with E-state index in [1.54, 1.807) is 0 Å².